The minimum absolute atomic E-state index is 0.0292. The van der Waals surface area contributed by atoms with Crippen molar-refractivity contribution < 1.29 is 19.8 Å². The van der Waals surface area contributed by atoms with Gasteiger partial charge in [0.05, 0.1) is 37.1 Å². The van der Waals surface area contributed by atoms with Gasteiger partial charge in [0, 0.05) is 59.4 Å². The Bertz CT molecular complexity index is 1780. The highest BCUT2D eigenvalue weighted by atomic mass is 16.3. The molecule has 4 aliphatic rings. The summed E-state index contributed by atoms with van der Waals surface area (Å²) >= 11 is 0. The van der Waals surface area contributed by atoms with E-state index in [1.54, 1.807) is 13.8 Å². The van der Waals surface area contributed by atoms with E-state index in [1.807, 2.05) is 0 Å². The molecule has 4 heterocycles. The van der Waals surface area contributed by atoms with Crippen LogP contribution in [0.25, 0.3) is 33.0 Å². The summed E-state index contributed by atoms with van der Waals surface area (Å²) in [6, 6.07) is 13.4. The highest BCUT2D eigenvalue weighted by molar-refractivity contribution is 5.99. The number of nitrogens with one attached hydrogen (secondary N) is 4. The van der Waals surface area contributed by atoms with Crippen molar-refractivity contribution in [3.8, 4) is 0 Å². The number of H-pyrrole nitrogens is 2. The summed E-state index contributed by atoms with van der Waals surface area (Å²) in [6.07, 6.45) is 10.6. The topological polar surface area (TPSA) is 137 Å². The van der Waals surface area contributed by atoms with Gasteiger partial charge in [-0.1, -0.05) is 50.3 Å². The Kier molecular flexibility index (Phi) is 8.76. The van der Waals surface area contributed by atoms with Gasteiger partial charge in [-0.25, -0.2) is 0 Å². The summed E-state index contributed by atoms with van der Waals surface area (Å²) in [7, 11) is 4.23. The molecule has 2 aromatic carbocycles. The van der Waals surface area contributed by atoms with Crippen molar-refractivity contribution in [3.63, 3.8) is 0 Å². The fourth-order valence-electron chi connectivity index (χ4n) is 7.90. The predicted octanol–water partition coefficient (Wildman–Crippen LogP) is 3.07. The van der Waals surface area contributed by atoms with Crippen LogP contribution in [0.5, 0.6) is 0 Å². The molecule has 10 heteroatoms. The first-order chi connectivity index (χ1) is 23.2. The molecule has 8 rings (SSSR count). The van der Waals surface area contributed by atoms with E-state index >= 15 is 0 Å². The van der Waals surface area contributed by atoms with Gasteiger partial charge < -0.3 is 30.8 Å². The van der Waals surface area contributed by atoms with Crippen LogP contribution in [-0.2, 0) is 22.4 Å². The van der Waals surface area contributed by atoms with Gasteiger partial charge in [0.2, 0.25) is 11.8 Å². The Morgan fingerprint density at radius 2 is 1.17 bits per heavy atom. The number of carbonyl (C=O) groups is 2. The Labute approximate surface area is 280 Å². The molecular formula is C38H46N6O4. The highest BCUT2D eigenvalue weighted by Crippen LogP contribution is 2.41. The Morgan fingerprint density at radius 3 is 1.56 bits per heavy atom. The maximum Gasteiger partial charge on any atom is 0.225 e. The zero-order valence-corrected chi connectivity index (χ0v) is 28.1. The minimum atomic E-state index is -0.377. The van der Waals surface area contributed by atoms with Crippen LogP contribution in [0.2, 0.25) is 0 Å². The molecule has 10 nitrogen and oxygen atoms in total. The number of likely N-dealkylation sites (N-methyl/N-ethyl adjacent to an activating group) is 2. The van der Waals surface area contributed by atoms with Crippen LogP contribution < -0.4 is 10.6 Å². The van der Waals surface area contributed by atoms with Crippen LogP contribution in [0.1, 0.15) is 36.1 Å². The molecule has 48 heavy (non-hydrogen) atoms. The molecule has 0 spiro atoms. The molecule has 0 fully saturated rings. The van der Waals surface area contributed by atoms with E-state index < -0.39 is 0 Å². The first-order valence-electron chi connectivity index (χ1n) is 17.0. The standard InChI is InChI=1S/2C19H23N3O2/c2*1-11(10-23)19(24)21-13-7-15-14-4-3-5-16-18(14)12(8-20-16)6-17(15)22(2)9-13/h2*3-5,7-8,11,13,17,20,23H,6,9-10H2,1-2H3,(H,21,24)/t11?,13?,17-;/m1./s1. The highest BCUT2D eigenvalue weighted by Gasteiger charge is 2.35. The van der Waals surface area contributed by atoms with Gasteiger partial charge in [0.25, 0.3) is 0 Å². The fraction of sp³-hybridized carbons (Fsp3) is 0.421. The van der Waals surface area contributed by atoms with Crippen LogP contribution in [0, 0.1) is 11.8 Å². The molecule has 5 unspecified atom stereocenters. The lowest BCUT2D eigenvalue weighted by Gasteiger charge is -2.40. The summed E-state index contributed by atoms with van der Waals surface area (Å²) in [4.78, 5) is 35.6. The summed E-state index contributed by atoms with van der Waals surface area (Å²) < 4.78 is 0. The van der Waals surface area contributed by atoms with Crippen molar-refractivity contribution in [3.05, 3.63) is 83.2 Å². The fourth-order valence-corrected chi connectivity index (χ4v) is 7.90. The maximum absolute atomic E-state index is 12.1. The second kappa shape index (κ2) is 13.0. The molecule has 0 radical (unpaired) electrons. The van der Waals surface area contributed by atoms with Crippen molar-refractivity contribution in [1.29, 1.82) is 0 Å². The minimum Gasteiger partial charge on any atom is -0.396 e. The molecule has 2 aliphatic carbocycles. The number of aliphatic hydroxyl groups is 2. The Morgan fingerprint density at radius 1 is 0.750 bits per heavy atom. The van der Waals surface area contributed by atoms with Gasteiger partial charge in [-0.2, -0.15) is 0 Å². The van der Waals surface area contributed by atoms with Crippen LogP contribution >= 0.6 is 0 Å². The molecule has 0 bridgehead atoms. The Hall–Kier alpha value is -4.22. The number of aliphatic hydroxyl groups excluding tert-OH is 2. The molecule has 2 amide bonds. The van der Waals surface area contributed by atoms with Gasteiger partial charge in [-0.3, -0.25) is 19.4 Å². The smallest absolute Gasteiger partial charge is 0.225 e. The van der Waals surface area contributed by atoms with E-state index in [4.69, 9.17) is 0 Å². The summed E-state index contributed by atoms with van der Waals surface area (Å²) in [5.74, 6) is -0.944. The van der Waals surface area contributed by atoms with Crippen molar-refractivity contribution >= 4 is 44.8 Å². The third-order valence-corrected chi connectivity index (χ3v) is 10.6. The molecule has 2 aliphatic heterocycles. The number of benzene rings is 2. The van der Waals surface area contributed by atoms with Crippen LogP contribution in [0.15, 0.2) is 60.9 Å². The SMILES string of the molecule is CC(CO)C(=O)NC1C=C2c3cccc4[nH]cc(c34)CC2N(C)C1.CC(CO)C(=O)NC1C=C2c3cccc4[nH]cc(c34)C[C@H]2N(C)C1. The summed E-state index contributed by atoms with van der Waals surface area (Å²) in [6.45, 7) is 4.80. The molecule has 252 valence electrons. The molecular weight excluding hydrogens is 604 g/mol. The third-order valence-electron chi connectivity index (χ3n) is 10.6. The first kappa shape index (κ1) is 32.3. The summed E-state index contributed by atoms with van der Waals surface area (Å²) in [5, 5.41) is 27.1. The lowest BCUT2D eigenvalue weighted by molar-refractivity contribution is -0.127. The van der Waals surface area contributed by atoms with Crippen molar-refractivity contribution in [1.82, 2.24) is 30.4 Å². The van der Waals surface area contributed by atoms with Gasteiger partial charge in [-0.05, 0) is 72.5 Å². The van der Waals surface area contributed by atoms with Crippen molar-refractivity contribution in [2.75, 3.05) is 40.4 Å². The Balaban J connectivity index is 0.000000152. The van der Waals surface area contributed by atoms with Crippen LogP contribution in [-0.4, -0.2) is 106 Å². The van der Waals surface area contributed by atoms with Crippen molar-refractivity contribution in [2.45, 2.75) is 50.9 Å². The molecule has 6 N–H and O–H groups in total. The lowest BCUT2D eigenvalue weighted by Crippen LogP contribution is -2.51. The quantitative estimate of drug-likeness (QED) is 0.190. The molecule has 0 saturated carbocycles. The van der Waals surface area contributed by atoms with Gasteiger partial charge in [0.1, 0.15) is 0 Å². The van der Waals surface area contributed by atoms with Gasteiger partial charge in [-0.15, -0.1) is 0 Å². The van der Waals surface area contributed by atoms with Crippen LogP contribution in [0.3, 0.4) is 0 Å². The van der Waals surface area contributed by atoms with E-state index in [0.717, 1.165) is 25.9 Å². The van der Waals surface area contributed by atoms with E-state index in [2.05, 4.69) is 105 Å². The van der Waals surface area contributed by atoms with E-state index in [9.17, 15) is 19.8 Å². The number of aromatic nitrogens is 2. The number of aromatic amines is 2. The maximum atomic E-state index is 12.1. The zero-order chi connectivity index (χ0) is 33.7. The number of rotatable bonds is 6. The molecule has 2 aromatic heterocycles. The number of hydrogen-bond donors (Lipinski definition) is 6. The second-order valence-corrected chi connectivity index (χ2v) is 14.0. The predicted molar refractivity (Wildman–Crippen MR) is 189 cm³/mol. The zero-order valence-electron chi connectivity index (χ0n) is 28.1. The number of nitrogens with zero attached hydrogens (tertiary/aromatic N) is 2. The van der Waals surface area contributed by atoms with E-state index in [0.29, 0.717) is 12.1 Å². The monoisotopic (exact) mass is 650 g/mol. The lowest BCUT2D eigenvalue weighted by atomic mass is 9.81. The summed E-state index contributed by atoms with van der Waals surface area (Å²) in [5.41, 5.74) is 10.2. The number of hydrogen-bond acceptors (Lipinski definition) is 6. The first-order valence-corrected chi connectivity index (χ1v) is 17.0. The van der Waals surface area contributed by atoms with Crippen LogP contribution in [0.4, 0.5) is 0 Å². The average molecular weight is 651 g/mol. The third kappa shape index (κ3) is 5.77. The second-order valence-electron chi connectivity index (χ2n) is 14.0. The molecule has 0 saturated heterocycles. The number of amides is 2. The molecule has 4 aromatic rings. The average Bonchev–Trinajstić information content (AvgIpc) is 3.71. The number of carbonyl (C=O) groups excluding carboxylic acids is 2. The largest absolute Gasteiger partial charge is 0.396 e. The number of fused-ring (bicyclic) bond motifs is 4. The molecule has 6 atom stereocenters. The van der Waals surface area contributed by atoms with E-state index in [-0.39, 0.29) is 48.9 Å². The van der Waals surface area contributed by atoms with Gasteiger partial charge in [0.15, 0.2) is 0 Å². The normalized spacial score (nSPS) is 24.4. The van der Waals surface area contributed by atoms with Crippen molar-refractivity contribution in [2.24, 2.45) is 11.8 Å². The van der Waals surface area contributed by atoms with Gasteiger partial charge >= 0.3 is 0 Å². The van der Waals surface area contributed by atoms with E-state index in [1.165, 1.54) is 55.2 Å².